The van der Waals surface area contributed by atoms with Gasteiger partial charge in [-0.2, -0.15) is 13.2 Å². The third-order valence-corrected chi connectivity index (χ3v) is 2.09. The molecule has 0 saturated carbocycles. The van der Waals surface area contributed by atoms with Crippen molar-refractivity contribution in [3.63, 3.8) is 0 Å². The molecule has 0 spiro atoms. The molecule has 0 bridgehead atoms. The molecule has 1 heterocycles. The molecule has 0 aliphatic rings. The minimum absolute atomic E-state index is 0.0685. The van der Waals surface area contributed by atoms with Crippen molar-refractivity contribution < 1.29 is 22.7 Å². The number of halogens is 3. The van der Waals surface area contributed by atoms with Crippen LogP contribution in [0.4, 0.5) is 13.2 Å². The summed E-state index contributed by atoms with van der Waals surface area (Å²) < 4.78 is 40.9. The van der Waals surface area contributed by atoms with E-state index in [0.29, 0.717) is 0 Å². The Kier molecular flexibility index (Phi) is 4.93. The zero-order chi connectivity index (χ0) is 15.4. The molecular formula is C12H16F3N3O2. The van der Waals surface area contributed by atoms with Crippen LogP contribution in [0.5, 0.6) is 5.88 Å². The monoisotopic (exact) mass is 291 g/mol. The van der Waals surface area contributed by atoms with E-state index in [0.717, 1.165) is 0 Å². The van der Waals surface area contributed by atoms with Crippen molar-refractivity contribution in [2.45, 2.75) is 25.6 Å². The summed E-state index contributed by atoms with van der Waals surface area (Å²) in [7, 11) is 0. The van der Waals surface area contributed by atoms with E-state index in [1.54, 1.807) is 13.8 Å². The Bertz CT molecular complexity index is 470. The van der Waals surface area contributed by atoms with Gasteiger partial charge in [0.05, 0.1) is 0 Å². The van der Waals surface area contributed by atoms with Crippen molar-refractivity contribution in [1.29, 1.82) is 0 Å². The highest BCUT2D eigenvalue weighted by atomic mass is 19.4. The number of nitrogens with zero attached hydrogens (tertiary/aromatic N) is 1. The number of nitrogens with one attached hydrogen (secondary N) is 1. The van der Waals surface area contributed by atoms with Gasteiger partial charge in [-0.15, -0.1) is 0 Å². The van der Waals surface area contributed by atoms with Gasteiger partial charge in [-0.05, 0) is 26.0 Å². The molecule has 0 unspecified atom stereocenters. The van der Waals surface area contributed by atoms with Crippen LogP contribution < -0.4 is 15.8 Å². The van der Waals surface area contributed by atoms with Gasteiger partial charge in [-0.1, -0.05) is 0 Å². The SMILES string of the molecule is CC(C)(N)CNC(=O)c1cccnc1OCC(F)(F)F. The Hall–Kier alpha value is -1.83. The van der Waals surface area contributed by atoms with Crippen molar-refractivity contribution in [3.05, 3.63) is 23.9 Å². The summed E-state index contributed by atoms with van der Waals surface area (Å²) in [5.74, 6) is -0.953. The van der Waals surface area contributed by atoms with Crippen molar-refractivity contribution in [2.75, 3.05) is 13.2 Å². The molecule has 0 radical (unpaired) electrons. The Morgan fingerprint density at radius 1 is 1.45 bits per heavy atom. The fourth-order valence-corrected chi connectivity index (χ4v) is 1.23. The molecule has 0 aromatic carbocycles. The lowest BCUT2D eigenvalue weighted by molar-refractivity contribution is -0.154. The van der Waals surface area contributed by atoms with E-state index in [-0.39, 0.29) is 18.0 Å². The lowest BCUT2D eigenvalue weighted by atomic mass is 10.1. The van der Waals surface area contributed by atoms with Crippen LogP contribution in [0.15, 0.2) is 18.3 Å². The number of rotatable bonds is 5. The number of amides is 1. The van der Waals surface area contributed by atoms with Crippen LogP contribution in [0.2, 0.25) is 0 Å². The number of nitrogens with two attached hydrogens (primary N) is 1. The van der Waals surface area contributed by atoms with E-state index in [2.05, 4.69) is 15.0 Å². The fraction of sp³-hybridized carbons (Fsp3) is 0.500. The average molecular weight is 291 g/mol. The zero-order valence-corrected chi connectivity index (χ0v) is 11.1. The second-order valence-electron chi connectivity index (χ2n) is 4.93. The molecular weight excluding hydrogens is 275 g/mol. The Balaban J connectivity index is 2.77. The first-order valence-corrected chi connectivity index (χ1v) is 5.80. The highest BCUT2D eigenvalue weighted by Crippen LogP contribution is 2.19. The van der Waals surface area contributed by atoms with Crippen LogP contribution in [0, 0.1) is 0 Å². The molecule has 1 aromatic heterocycles. The van der Waals surface area contributed by atoms with Crippen LogP contribution in [-0.4, -0.2) is 35.8 Å². The van der Waals surface area contributed by atoms with Crippen molar-refractivity contribution >= 4 is 5.91 Å². The Labute approximate surface area is 114 Å². The molecule has 3 N–H and O–H groups in total. The maximum absolute atomic E-state index is 12.1. The summed E-state index contributed by atoms with van der Waals surface area (Å²) >= 11 is 0. The number of carbonyl (C=O) groups is 1. The number of hydrogen-bond acceptors (Lipinski definition) is 4. The summed E-state index contributed by atoms with van der Waals surface area (Å²) in [6.07, 6.45) is -3.25. The quantitative estimate of drug-likeness (QED) is 0.861. The zero-order valence-electron chi connectivity index (χ0n) is 11.1. The first-order valence-electron chi connectivity index (χ1n) is 5.80. The van der Waals surface area contributed by atoms with Gasteiger partial charge in [0, 0.05) is 18.3 Å². The molecule has 0 aliphatic heterocycles. The Morgan fingerprint density at radius 3 is 2.65 bits per heavy atom. The minimum atomic E-state index is -4.50. The van der Waals surface area contributed by atoms with Gasteiger partial charge < -0.3 is 15.8 Å². The van der Waals surface area contributed by atoms with E-state index in [9.17, 15) is 18.0 Å². The number of carbonyl (C=O) groups excluding carboxylic acids is 1. The van der Waals surface area contributed by atoms with Crippen LogP contribution in [0.3, 0.4) is 0 Å². The smallest absolute Gasteiger partial charge is 0.422 e. The molecule has 1 rings (SSSR count). The summed E-state index contributed by atoms with van der Waals surface area (Å²) in [6.45, 7) is 2.07. The van der Waals surface area contributed by atoms with Gasteiger partial charge in [0.25, 0.3) is 5.91 Å². The number of aromatic nitrogens is 1. The second-order valence-corrected chi connectivity index (χ2v) is 4.93. The summed E-state index contributed by atoms with van der Waals surface area (Å²) in [4.78, 5) is 15.5. The molecule has 1 amide bonds. The molecule has 0 fully saturated rings. The standard InChI is InChI=1S/C12H16F3N3O2/c1-11(2,16)6-18-9(19)8-4-3-5-17-10(8)20-7-12(13,14)15/h3-5H,6-7,16H2,1-2H3,(H,18,19). The van der Waals surface area contributed by atoms with Crippen LogP contribution >= 0.6 is 0 Å². The van der Waals surface area contributed by atoms with Gasteiger partial charge in [-0.25, -0.2) is 4.98 Å². The highest BCUT2D eigenvalue weighted by Gasteiger charge is 2.29. The minimum Gasteiger partial charge on any atom is -0.467 e. The van der Waals surface area contributed by atoms with Crippen LogP contribution in [-0.2, 0) is 0 Å². The van der Waals surface area contributed by atoms with Gasteiger partial charge in [0.15, 0.2) is 6.61 Å². The van der Waals surface area contributed by atoms with Crippen molar-refractivity contribution in [3.8, 4) is 5.88 Å². The molecule has 0 saturated heterocycles. The third kappa shape index (κ3) is 5.87. The van der Waals surface area contributed by atoms with Crippen LogP contribution in [0.1, 0.15) is 24.2 Å². The molecule has 1 aromatic rings. The first kappa shape index (κ1) is 16.2. The maximum atomic E-state index is 12.1. The largest absolute Gasteiger partial charge is 0.467 e. The lowest BCUT2D eigenvalue weighted by Gasteiger charge is -2.19. The van der Waals surface area contributed by atoms with Gasteiger partial charge in [0.2, 0.25) is 5.88 Å². The normalized spacial score (nSPS) is 12.1. The lowest BCUT2D eigenvalue weighted by Crippen LogP contribution is -2.45. The maximum Gasteiger partial charge on any atom is 0.422 e. The molecule has 8 heteroatoms. The highest BCUT2D eigenvalue weighted by molar-refractivity contribution is 5.96. The predicted octanol–water partition coefficient (Wildman–Crippen LogP) is 1.49. The number of hydrogen-bond donors (Lipinski definition) is 2. The van der Waals surface area contributed by atoms with Gasteiger partial charge >= 0.3 is 6.18 Å². The average Bonchev–Trinajstić information content (AvgIpc) is 2.32. The van der Waals surface area contributed by atoms with Crippen molar-refractivity contribution in [1.82, 2.24) is 10.3 Å². The third-order valence-electron chi connectivity index (χ3n) is 2.09. The molecule has 112 valence electrons. The summed E-state index contributed by atoms with van der Waals surface area (Å²) in [5, 5.41) is 2.51. The second kappa shape index (κ2) is 6.08. The van der Waals surface area contributed by atoms with E-state index < -0.39 is 24.2 Å². The van der Waals surface area contributed by atoms with E-state index in [4.69, 9.17) is 5.73 Å². The van der Waals surface area contributed by atoms with E-state index >= 15 is 0 Å². The summed E-state index contributed by atoms with van der Waals surface area (Å²) in [6, 6.07) is 2.76. The fourth-order valence-electron chi connectivity index (χ4n) is 1.23. The summed E-state index contributed by atoms with van der Waals surface area (Å²) in [5.41, 5.74) is 5.00. The molecule has 0 atom stereocenters. The van der Waals surface area contributed by atoms with Gasteiger partial charge in [-0.3, -0.25) is 4.79 Å². The number of alkyl halides is 3. The number of pyridine rings is 1. The van der Waals surface area contributed by atoms with Gasteiger partial charge in [0.1, 0.15) is 5.56 Å². The van der Waals surface area contributed by atoms with Crippen molar-refractivity contribution in [2.24, 2.45) is 5.73 Å². The van der Waals surface area contributed by atoms with E-state index in [1.807, 2.05) is 0 Å². The molecule has 20 heavy (non-hydrogen) atoms. The topological polar surface area (TPSA) is 77.2 Å². The van der Waals surface area contributed by atoms with E-state index in [1.165, 1.54) is 18.3 Å². The molecule has 0 aliphatic carbocycles. The first-order chi connectivity index (χ1) is 9.08. The van der Waals surface area contributed by atoms with Crippen LogP contribution in [0.25, 0.3) is 0 Å². The number of ether oxygens (including phenoxy) is 1. The predicted molar refractivity (Wildman–Crippen MR) is 66.4 cm³/mol. The Morgan fingerprint density at radius 2 is 2.10 bits per heavy atom. The molecule has 5 nitrogen and oxygen atoms in total.